The van der Waals surface area contributed by atoms with Gasteiger partial charge in [-0.05, 0) is 37.6 Å². The predicted octanol–water partition coefficient (Wildman–Crippen LogP) is 2.41. The molecule has 1 aromatic carbocycles. The third-order valence-corrected chi connectivity index (χ3v) is 3.79. The predicted molar refractivity (Wildman–Crippen MR) is 78.9 cm³/mol. The number of nitrogens with one attached hydrogen (secondary N) is 1. The van der Waals surface area contributed by atoms with Crippen LogP contribution in [0.3, 0.4) is 0 Å². The minimum atomic E-state index is 0.814. The lowest BCUT2D eigenvalue weighted by Crippen LogP contribution is -2.26. The molecule has 2 aromatic rings. The number of rotatable bonds is 2. The Bertz CT molecular complexity index is 652. The van der Waals surface area contributed by atoms with Gasteiger partial charge in [0.2, 0.25) is 0 Å². The number of hydrogen-bond acceptors (Lipinski definition) is 4. The summed E-state index contributed by atoms with van der Waals surface area (Å²) in [5.74, 6) is 1.71. The largest absolute Gasteiger partial charge is 0.496 e. The summed E-state index contributed by atoms with van der Waals surface area (Å²) in [6.45, 7) is 5.97. The molecular formula is C16H19N3O. The van der Waals surface area contributed by atoms with Crippen molar-refractivity contribution in [3.05, 3.63) is 40.7 Å². The molecule has 0 atom stereocenters. The Labute approximate surface area is 119 Å². The lowest BCUT2D eigenvalue weighted by molar-refractivity contribution is 0.412. The molecule has 0 saturated carbocycles. The Morgan fingerprint density at radius 2 is 2.05 bits per heavy atom. The van der Waals surface area contributed by atoms with Crippen LogP contribution < -0.4 is 10.1 Å². The maximum atomic E-state index is 5.30. The highest BCUT2D eigenvalue weighted by Crippen LogP contribution is 2.26. The maximum Gasteiger partial charge on any atom is 0.159 e. The molecule has 0 unspecified atom stereocenters. The van der Waals surface area contributed by atoms with Crippen molar-refractivity contribution in [1.29, 1.82) is 0 Å². The highest BCUT2D eigenvalue weighted by Gasteiger charge is 2.16. The van der Waals surface area contributed by atoms with E-state index < -0.39 is 0 Å². The maximum absolute atomic E-state index is 5.30. The summed E-state index contributed by atoms with van der Waals surface area (Å²) in [4.78, 5) is 9.41. The van der Waals surface area contributed by atoms with E-state index in [1.54, 1.807) is 7.11 Å². The van der Waals surface area contributed by atoms with E-state index >= 15 is 0 Å². The average Bonchev–Trinajstić information content (AvgIpc) is 2.47. The minimum absolute atomic E-state index is 0.814. The highest BCUT2D eigenvalue weighted by atomic mass is 16.5. The molecule has 2 heterocycles. The van der Waals surface area contributed by atoms with Gasteiger partial charge in [0, 0.05) is 36.3 Å². The third kappa shape index (κ3) is 2.27. The topological polar surface area (TPSA) is 47.0 Å². The summed E-state index contributed by atoms with van der Waals surface area (Å²) in [7, 11) is 1.69. The van der Waals surface area contributed by atoms with Gasteiger partial charge in [-0.25, -0.2) is 9.97 Å². The lowest BCUT2D eigenvalue weighted by atomic mass is 10.0. The number of fused-ring (bicyclic) bond motifs is 1. The Kier molecular flexibility index (Phi) is 3.40. The van der Waals surface area contributed by atoms with Gasteiger partial charge in [0.05, 0.1) is 12.8 Å². The minimum Gasteiger partial charge on any atom is -0.496 e. The van der Waals surface area contributed by atoms with Crippen LogP contribution in [-0.4, -0.2) is 23.6 Å². The molecule has 0 saturated heterocycles. The molecule has 1 aliphatic rings. The molecule has 0 bridgehead atoms. The molecule has 104 valence electrons. The second-order valence-electron chi connectivity index (χ2n) is 5.17. The first kappa shape index (κ1) is 13.1. The van der Waals surface area contributed by atoms with Gasteiger partial charge in [0.1, 0.15) is 5.75 Å². The van der Waals surface area contributed by atoms with Crippen molar-refractivity contribution < 1.29 is 4.74 Å². The van der Waals surface area contributed by atoms with Crippen LogP contribution in [0, 0.1) is 13.8 Å². The van der Waals surface area contributed by atoms with Crippen LogP contribution in [0.4, 0.5) is 0 Å². The normalized spacial score (nSPS) is 13.9. The summed E-state index contributed by atoms with van der Waals surface area (Å²) in [6.07, 6.45) is 0.973. The molecule has 4 heteroatoms. The van der Waals surface area contributed by atoms with Crippen molar-refractivity contribution >= 4 is 0 Å². The van der Waals surface area contributed by atoms with E-state index in [1.807, 2.05) is 19.1 Å². The number of aryl methyl sites for hydroxylation is 2. The van der Waals surface area contributed by atoms with Gasteiger partial charge in [-0.15, -0.1) is 0 Å². The van der Waals surface area contributed by atoms with Gasteiger partial charge in [-0.3, -0.25) is 0 Å². The van der Waals surface area contributed by atoms with E-state index in [1.165, 1.54) is 11.3 Å². The molecular weight excluding hydrogens is 250 g/mol. The van der Waals surface area contributed by atoms with Crippen LogP contribution in [0.25, 0.3) is 11.4 Å². The van der Waals surface area contributed by atoms with E-state index in [0.29, 0.717) is 0 Å². The molecule has 1 aliphatic heterocycles. The lowest BCUT2D eigenvalue weighted by Gasteiger charge is -2.19. The molecule has 3 rings (SSSR count). The SMILES string of the molecule is COc1ccc(-c2nc(C)c3c(n2)CCNC3)cc1C. The van der Waals surface area contributed by atoms with Crippen molar-refractivity contribution in [2.24, 2.45) is 0 Å². The zero-order chi connectivity index (χ0) is 14.1. The second kappa shape index (κ2) is 5.21. The van der Waals surface area contributed by atoms with Crippen molar-refractivity contribution in [2.45, 2.75) is 26.8 Å². The van der Waals surface area contributed by atoms with Crippen LogP contribution >= 0.6 is 0 Å². The molecule has 4 nitrogen and oxygen atoms in total. The highest BCUT2D eigenvalue weighted by molar-refractivity contribution is 5.59. The van der Waals surface area contributed by atoms with Crippen molar-refractivity contribution in [3.8, 4) is 17.1 Å². The zero-order valence-electron chi connectivity index (χ0n) is 12.2. The zero-order valence-corrected chi connectivity index (χ0v) is 12.2. The van der Waals surface area contributed by atoms with Gasteiger partial charge >= 0.3 is 0 Å². The average molecular weight is 269 g/mol. The fourth-order valence-corrected chi connectivity index (χ4v) is 2.66. The van der Waals surface area contributed by atoms with Gasteiger partial charge in [0.15, 0.2) is 5.82 Å². The quantitative estimate of drug-likeness (QED) is 0.909. The first-order valence-corrected chi connectivity index (χ1v) is 6.91. The van der Waals surface area contributed by atoms with Gasteiger partial charge in [-0.2, -0.15) is 0 Å². The molecule has 0 radical (unpaired) electrons. The third-order valence-electron chi connectivity index (χ3n) is 3.79. The van der Waals surface area contributed by atoms with Crippen LogP contribution in [0.2, 0.25) is 0 Å². The Morgan fingerprint density at radius 1 is 1.20 bits per heavy atom. The second-order valence-corrected chi connectivity index (χ2v) is 5.17. The fourth-order valence-electron chi connectivity index (χ4n) is 2.66. The summed E-state index contributed by atoms with van der Waals surface area (Å²) < 4.78 is 5.30. The van der Waals surface area contributed by atoms with E-state index in [-0.39, 0.29) is 0 Å². The molecule has 1 N–H and O–H groups in total. The van der Waals surface area contributed by atoms with E-state index in [0.717, 1.165) is 47.9 Å². The summed E-state index contributed by atoms with van der Waals surface area (Å²) in [5, 5.41) is 3.37. The molecule has 0 spiro atoms. The molecule has 0 aliphatic carbocycles. The van der Waals surface area contributed by atoms with Gasteiger partial charge in [-0.1, -0.05) is 0 Å². The number of ether oxygens (including phenoxy) is 1. The van der Waals surface area contributed by atoms with E-state index in [2.05, 4.69) is 23.3 Å². The monoisotopic (exact) mass is 269 g/mol. The summed E-state index contributed by atoms with van der Waals surface area (Å²) in [5.41, 5.74) is 5.66. The van der Waals surface area contributed by atoms with Crippen molar-refractivity contribution in [2.75, 3.05) is 13.7 Å². The Morgan fingerprint density at radius 3 is 2.80 bits per heavy atom. The standard InChI is InChI=1S/C16H19N3O/c1-10-8-12(4-5-15(10)20-3)16-18-11(2)13-9-17-7-6-14(13)19-16/h4-5,8,17H,6-7,9H2,1-3H3. The van der Waals surface area contributed by atoms with Crippen LogP contribution in [-0.2, 0) is 13.0 Å². The fraction of sp³-hybridized carbons (Fsp3) is 0.375. The molecule has 1 aromatic heterocycles. The first-order valence-electron chi connectivity index (χ1n) is 6.91. The van der Waals surface area contributed by atoms with Crippen LogP contribution in [0.1, 0.15) is 22.5 Å². The first-order chi connectivity index (χ1) is 9.69. The smallest absolute Gasteiger partial charge is 0.159 e. The molecule has 0 amide bonds. The number of nitrogens with zero attached hydrogens (tertiary/aromatic N) is 2. The number of aromatic nitrogens is 2. The molecule has 20 heavy (non-hydrogen) atoms. The van der Waals surface area contributed by atoms with Crippen LogP contribution in [0.15, 0.2) is 18.2 Å². The van der Waals surface area contributed by atoms with E-state index in [4.69, 9.17) is 9.72 Å². The molecule has 0 fully saturated rings. The summed E-state index contributed by atoms with van der Waals surface area (Å²) >= 11 is 0. The van der Waals surface area contributed by atoms with Crippen LogP contribution in [0.5, 0.6) is 5.75 Å². The van der Waals surface area contributed by atoms with E-state index in [9.17, 15) is 0 Å². The number of benzene rings is 1. The number of hydrogen-bond donors (Lipinski definition) is 1. The van der Waals surface area contributed by atoms with Crippen molar-refractivity contribution in [3.63, 3.8) is 0 Å². The summed E-state index contributed by atoms with van der Waals surface area (Å²) in [6, 6.07) is 6.08. The number of methoxy groups -OCH3 is 1. The Balaban J connectivity index is 2.06. The van der Waals surface area contributed by atoms with Crippen molar-refractivity contribution in [1.82, 2.24) is 15.3 Å². The Hall–Kier alpha value is -1.94. The van der Waals surface area contributed by atoms with Gasteiger partial charge < -0.3 is 10.1 Å². The van der Waals surface area contributed by atoms with Gasteiger partial charge in [0.25, 0.3) is 0 Å².